The molecule has 0 amide bonds. The second-order valence-corrected chi connectivity index (χ2v) is 9.09. The monoisotopic (exact) mass is 455 g/mol. The predicted octanol–water partition coefficient (Wildman–Crippen LogP) is 1.76. The molecule has 0 heterocycles. The first kappa shape index (κ1) is 23.9. The third kappa shape index (κ3) is 6.07. The second-order valence-electron chi connectivity index (χ2n) is 6.78. The van der Waals surface area contributed by atoms with Crippen LogP contribution in [0.4, 0.5) is 5.69 Å². The van der Waals surface area contributed by atoms with E-state index in [-0.39, 0.29) is 23.7 Å². The molecule has 0 aliphatic rings. The third-order valence-electron chi connectivity index (χ3n) is 4.26. The Morgan fingerprint density at radius 2 is 1.90 bits per heavy atom. The molecule has 2 aromatic carbocycles. The Kier molecular flexibility index (Phi) is 8.04. The van der Waals surface area contributed by atoms with Crippen LogP contribution >= 0.6 is 11.6 Å². The number of sulfonamides is 1. The van der Waals surface area contributed by atoms with E-state index in [1.165, 1.54) is 6.92 Å². The minimum absolute atomic E-state index is 0.223. The Morgan fingerprint density at radius 3 is 2.43 bits per heavy atom. The van der Waals surface area contributed by atoms with E-state index in [9.17, 15) is 28.4 Å². The molecule has 0 aliphatic heterocycles. The van der Waals surface area contributed by atoms with E-state index >= 15 is 0 Å². The molecule has 30 heavy (non-hydrogen) atoms. The molecule has 11 heteroatoms. The van der Waals surface area contributed by atoms with Crippen LogP contribution in [0.1, 0.15) is 12.5 Å². The van der Waals surface area contributed by atoms with E-state index in [0.29, 0.717) is 0 Å². The number of aliphatic hydroxyl groups excluding tert-OH is 1. The van der Waals surface area contributed by atoms with Crippen LogP contribution in [0.5, 0.6) is 0 Å². The fourth-order valence-corrected chi connectivity index (χ4v) is 4.77. The Morgan fingerprint density at radius 1 is 1.27 bits per heavy atom. The lowest BCUT2D eigenvalue weighted by Gasteiger charge is -2.24. The van der Waals surface area contributed by atoms with Gasteiger partial charge in [-0.25, -0.2) is 8.42 Å². The quantitative estimate of drug-likeness (QED) is 0.410. The number of hydrogen-bond donors (Lipinski definition) is 2. The number of rotatable bonds is 10. The summed E-state index contributed by atoms with van der Waals surface area (Å²) >= 11 is 5.96. The molecule has 9 nitrogen and oxygen atoms in total. The number of nitro benzene ring substituents is 1. The summed E-state index contributed by atoms with van der Waals surface area (Å²) in [6, 6.07) is 11.0. The normalized spacial score (nSPS) is 13.8. The molecule has 2 rings (SSSR count). The number of ketones is 1. The molecule has 0 aliphatic carbocycles. The van der Waals surface area contributed by atoms with Gasteiger partial charge >= 0.3 is 0 Å². The lowest BCUT2D eigenvalue weighted by Crippen LogP contribution is -2.45. The summed E-state index contributed by atoms with van der Waals surface area (Å²) in [5.41, 5.74) is 6.41. The zero-order valence-corrected chi connectivity index (χ0v) is 17.7. The van der Waals surface area contributed by atoms with Gasteiger partial charge in [-0.05, 0) is 25.0 Å². The van der Waals surface area contributed by atoms with Crippen molar-refractivity contribution in [2.75, 3.05) is 13.1 Å². The number of aliphatic hydroxyl groups is 1. The largest absolute Gasteiger partial charge is 0.392 e. The van der Waals surface area contributed by atoms with E-state index in [0.717, 1.165) is 28.1 Å². The molecule has 0 saturated heterocycles. The Labute approximate surface area is 179 Å². The fraction of sp³-hybridized carbons (Fsp3) is 0.316. The van der Waals surface area contributed by atoms with Gasteiger partial charge < -0.3 is 10.8 Å². The highest BCUT2D eigenvalue weighted by atomic mass is 35.5. The number of nitrogens with two attached hydrogens (primary N) is 1. The highest BCUT2D eigenvalue weighted by molar-refractivity contribution is 7.89. The van der Waals surface area contributed by atoms with Crippen molar-refractivity contribution in [2.45, 2.75) is 30.4 Å². The molecule has 2 aromatic rings. The zero-order chi connectivity index (χ0) is 22.5. The van der Waals surface area contributed by atoms with Crippen LogP contribution in [-0.2, 0) is 21.2 Å². The number of non-ortho nitro benzene ring substituents is 1. The molecule has 162 valence electrons. The fourth-order valence-electron chi connectivity index (χ4n) is 2.77. The van der Waals surface area contributed by atoms with Crippen molar-refractivity contribution in [1.82, 2.24) is 4.31 Å². The van der Waals surface area contributed by atoms with Crippen molar-refractivity contribution < 1.29 is 23.2 Å². The second kappa shape index (κ2) is 10.1. The topological polar surface area (TPSA) is 144 Å². The summed E-state index contributed by atoms with van der Waals surface area (Å²) in [6.45, 7) is 0.419. The molecule has 0 aromatic heterocycles. The van der Waals surface area contributed by atoms with E-state index in [4.69, 9.17) is 17.3 Å². The SMILES string of the molecule is CC(O)CN(CC(=O)C(N)Cc1ccccc1)S(=O)(=O)c1ccc([N+](=O)[O-])cc1Cl. The molecule has 2 unspecified atom stereocenters. The lowest BCUT2D eigenvalue weighted by molar-refractivity contribution is -0.384. The van der Waals surface area contributed by atoms with Gasteiger partial charge in [0.2, 0.25) is 10.0 Å². The highest BCUT2D eigenvalue weighted by Crippen LogP contribution is 2.28. The maximum atomic E-state index is 13.1. The molecule has 0 spiro atoms. The van der Waals surface area contributed by atoms with Gasteiger partial charge in [0.05, 0.1) is 28.6 Å². The zero-order valence-electron chi connectivity index (χ0n) is 16.1. The number of Topliss-reactive ketones (excluding diaryl/α,β-unsaturated/α-hetero) is 1. The first-order valence-corrected chi connectivity index (χ1v) is 10.8. The van der Waals surface area contributed by atoms with Crippen LogP contribution in [-0.4, -0.2) is 53.8 Å². The van der Waals surface area contributed by atoms with Crippen LogP contribution in [0, 0.1) is 10.1 Å². The highest BCUT2D eigenvalue weighted by Gasteiger charge is 2.31. The summed E-state index contributed by atoms with van der Waals surface area (Å²) in [7, 11) is -4.33. The van der Waals surface area contributed by atoms with Crippen molar-refractivity contribution in [3.05, 3.63) is 69.2 Å². The number of hydrogen-bond acceptors (Lipinski definition) is 7. The minimum atomic E-state index is -4.33. The van der Waals surface area contributed by atoms with Gasteiger partial charge in [-0.15, -0.1) is 0 Å². The van der Waals surface area contributed by atoms with Crippen LogP contribution in [0.15, 0.2) is 53.4 Å². The summed E-state index contributed by atoms with van der Waals surface area (Å²) in [4.78, 5) is 22.4. The van der Waals surface area contributed by atoms with Crippen molar-refractivity contribution in [3.8, 4) is 0 Å². The molecule has 2 atom stereocenters. The van der Waals surface area contributed by atoms with E-state index in [2.05, 4.69) is 0 Å². The van der Waals surface area contributed by atoms with Crippen LogP contribution in [0.25, 0.3) is 0 Å². The maximum absolute atomic E-state index is 13.1. The third-order valence-corrected chi connectivity index (χ3v) is 6.55. The number of carbonyl (C=O) groups excluding carboxylic acids is 1. The first-order chi connectivity index (χ1) is 14.0. The molecular weight excluding hydrogens is 434 g/mol. The Hall–Kier alpha value is -2.37. The number of nitrogens with zero attached hydrogens (tertiary/aromatic N) is 2. The van der Waals surface area contributed by atoms with Crippen molar-refractivity contribution >= 4 is 33.1 Å². The first-order valence-electron chi connectivity index (χ1n) is 8.96. The molecular formula is C19H22ClN3O6S. The van der Waals surface area contributed by atoms with Gasteiger partial charge in [-0.1, -0.05) is 41.9 Å². The van der Waals surface area contributed by atoms with Gasteiger partial charge in [0.1, 0.15) is 4.90 Å². The van der Waals surface area contributed by atoms with Gasteiger partial charge in [0.15, 0.2) is 5.78 Å². The Bertz CT molecular complexity index is 1010. The number of nitro groups is 1. The van der Waals surface area contributed by atoms with Gasteiger partial charge in [-0.3, -0.25) is 14.9 Å². The smallest absolute Gasteiger partial charge is 0.271 e. The summed E-state index contributed by atoms with van der Waals surface area (Å²) in [5, 5.41) is 20.2. The predicted molar refractivity (Wildman–Crippen MR) is 112 cm³/mol. The van der Waals surface area contributed by atoms with E-state index in [1.54, 1.807) is 24.3 Å². The van der Waals surface area contributed by atoms with Crippen molar-refractivity contribution in [3.63, 3.8) is 0 Å². The number of carbonyl (C=O) groups is 1. The average Bonchev–Trinajstić information content (AvgIpc) is 2.67. The van der Waals surface area contributed by atoms with Crippen LogP contribution in [0.2, 0.25) is 5.02 Å². The standard InChI is InChI=1S/C19H22ClN3O6S/c1-13(24)11-22(12-18(25)17(21)9-14-5-3-2-4-6-14)30(28,29)19-8-7-15(23(26)27)10-16(19)20/h2-8,10,13,17,24H,9,11-12,21H2,1H3. The van der Waals surface area contributed by atoms with Crippen LogP contribution in [0.3, 0.4) is 0 Å². The lowest BCUT2D eigenvalue weighted by atomic mass is 10.0. The Balaban J connectivity index is 2.27. The summed E-state index contributed by atoms with van der Waals surface area (Å²) in [5.74, 6) is -0.541. The van der Waals surface area contributed by atoms with E-state index in [1.807, 2.05) is 6.07 Å². The van der Waals surface area contributed by atoms with Crippen LogP contribution < -0.4 is 5.73 Å². The van der Waals surface area contributed by atoms with Crippen molar-refractivity contribution in [2.24, 2.45) is 5.73 Å². The molecule has 3 N–H and O–H groups in total. The average molecular weight is 456 g/mol. The molecule has 0 radical (unpaired) electrons. The number of halogens is 1. The van der Waals surface area contributed by atoms with Crippen molar-refractivity contribution in [1.29, 1.82) is 0 Å². The maximum Gasteiger partial charge on any atom is 0.271 e. The molecule has 0 saturated carbocycles. The van der Waals surface area contributed by atoms with Gasteiger partial charge in [0, 0.05) is 18.7 Å². The minimum Gasteiger partial charge on any atom is -0.392 e. The summed E-state index contributed by atoms with van der Waals surface area (Å²) in [6.07, 6.45) is -0.852. The van der Waals surface area contributed by atoms with Gasteiger partial charge in [-0.2, -0.15) is 4.31 Å². The summed E-state index contributed by atoms with van der Waals surface area (Å²) < 4.78 is 26.9. The van der Waals surface area contributed by atoms with Gasteiger partial charge in [0.25, 0.3) is 5.69 Å². The molecule has 0 bridgehead atoms. The molecule has 0 fully saturated rings. The number of benzene rings is 2. The van der Waals surface area contributed by atoms with E-state index < -0.39 is 44.3 Å².